The number of hydrogen-bond donors (Lipinski definition) is 3. The number of carboxylic acid groups (broad SMARTS) is 1. The van der Waals surface area contributed by atoms with Gasteiger partial charge in [-0.1, -0.05) is 30.5 Å². The Bertz CT molecular complexity index is 521. The summed E-state index contributed by atoms with van der Waals surface area (Å²) in [6, 6.07) is 6.53. The molecule has 1 fully saturated rings. The summed E-state index contributed by atoms with van der Waals surface area (Å²) in [6.45, 7) is 0.378. The first kappa shape index (κ1) is 15.6. The van der Waals surface area contributed by atoms with Crippen molar-refractivity contribution in [2.75, 3.05) is 11.9 Å². The molecule has 5 nitrogen and oxygen atoms in total. The van der Waals surface area contributed by atoms with Gasteiger partial charge in [0.25, 0.3) is 0 Å². The van der Waals surface area contributed by atoms with Crippen molar-refractivity contribution in [3.63, 3.8) is 0 Å². The summed E-state index contributed by atoms with van der Waals surface area (Å²) in [5.74, 6) is -1.12. The van der Waals surface area contributed by atoms with Gasteiger partial charge in [-0.25, -0.2) is 4.79 Å². The number of carbonyl (C=O) groups is 2. The van der Waals surface area contributed by atoms with E-state index in [0.717, 1.165) is 19.3 Å². The molecule has 2 amide bonds. The fourth-order valence-electron chi connectivity index (χ4n) is 2.74. The first-order valence-corrected chi connectivity index (χ1v) is 7.47. The average molecular weight is 311 g/mol. The topological polar surface area (TPSA) is 78.4 Å². The Balaban J connectivity index is 1.84. The lowest BCUT2D eigenvalue weighted by Crippen LogP contribution is -2.38. The summed E-state index contributed by atoms with van der Waals surface area (Å²) in [5.41, 5.74) is 0.610. The minimum absolute atomic E-state index is 0.00126. The van der Waals surface area contributed by atoms with Crippen LogP contribution in [-0.2, 0) is 4.79 Å². The van der Waals surface area contributed by atoms with Crippen LogP contribution in [0.2, 0.25) is 5.02 Å². The standard InChI is InChI=1S/C15H19ClN2O3/c16-11-5-3-6-12(8-11)18-15(21)17-9-10-4-1-2-7-13(10)14(19)20/h3,5-6,8,10,13H,1-2,4,7,9H2,(H,19,20)(H2,17,18,21)/t10-,13-/m0/s1. The molecule has 0 unspecified atom stereocenters. The molecule has 0 heterocycles. The number of urea groups is 1. The SMILES string of the molecule is O=C(NC[C@@H]1CCCC[C@@H]1C(=O)O)Nc1cccc(Cl)c1. The number of rotatable bonds is 4. The largest absolute Gasteiger partial charge is 0.481 e. The van der Waals surface area contributed by atoms with Gasteiger partial charge in [0.05, 0.1) is 5.92 Å². The van der Waals surface area contributed by atoms with Crippen LogP contribution >= 0.6 is 11.6 Å². The van der Waals surface area contributed by atoms with Gasteiger partial charge in [0, 0.05) is 17.3 Å². The summed E-state index contributed by atoms with van der Waals surface area (Å²) >= 11 is 5.84. The number of aliphatic carboxylic acids is 1. The van der Waals surface area contributed by atoms with Gasteiger partial charge in [-0.2, -0.15) is 0 Å². The van der Waals surface area contributed by atoms with Crippen LogP contribution in [0.15, 0.2) is 24.3 Å². The zero-order valence-electron chi connectivity index (χ0n) is 11.6. The van der Waals surface area contributed by atoms with Crippen molar-refractivity contribution in [3.8, 4) is 0 Å². The molecular weight excluding hydrogens is 292 g/mol. The molecule has 2 atom stereocenters. The van der Waals surface area contributed by atoms with Crippen LogP contribution < -0.4 is 10.6 Å². The lowest BCUT2D eigenvalue weighted by molar-refractivity contribution is -0.144. The summed E-state index contributed by atoms with van der Waals surface area (Å²) in [4.78, 5) is 23.0. The van der Waals surface area contributed by atoms with Crippen molar-refractivity contribution < 1.29 is 14.7 Å². The zero-order valence-corrected chi connectivity index (χ0v) is 12.4. The van der Waals surface area contributed by atoms with Gasteiger partial charge < -0.3 is 15.7 Å². The van der Waals surface area contributed by atoms with Crippen LogP contribution in [-0.4, -0.2) is 23.7 Å². The van der Waals surface area contributed by atoms with Gasteiger partial charge >= 0.3 is 12.0 Å². The van der Waals surface area contributed by atoms with E-state index in [2.05, 4.69) is 10.6 Å². The molecule has 0 spiro atoms. The van der Waals surface area contributed by atoms with Crippen molar-refractivity contribution >= 4 is 29.3 Å². The molecule has 2 rings (SSSR count). The zero-order chi connectivity index (χ0) is 15.2. The lowest BCUT2D eigenvalue weighted by Gasteiger charge is -2.28. The van der Waals surface area contributed by atoms with Crippen LogP contribution in [0.3, 0.4) is 0 Å². The minimum Gasteiger partial charge on any atom is -0.481 e. The molecule has 1 saturated carbocycles. The maximum Gasteiger partial charge on any atom is 0.319 e. The maximum atomic E-state index is 11.8. The van der Waals surface area contributed by atoms with E-state index >= 15 is 0 Å². The Labute approximate surface area is 128 Å². The second-order valence-corrected chi connectivity index (χ2v) is 5.77. The second-order valence-electron chi connectivity index (χ2n) is 5.33. The molecule has 6 heteroatoms. The number of benzene rings is 1. The van der Waals surface area contributed by atoms with E-state index in [-0.39, 0.29) is 17.9 Å². The Morgan fingerprint density at radius 3 is 2.76 bits per heavy atom. The van der Waals surface area contributed by atoms with Crippen LogP contribution in [0.25, 0.3) is 0 Å². The van der Waals surface area contributed by atoms with Gasteiger partial charge in [-0.15, -0.1) is 0 Å². The molecule has 0 radical (unpaired) electrons. The van der Waals surface area contributed by atoms with Crippen LogP contribution in [0.1, 0.15) is 25.7 Å². The van der Waals surface area contributed by atoms with E-state index in [1.807, 2.05) is 0 Å². The van der Waals surface area contributed by atoms with E-state index in [4.69, 9.17) is 11.6 Å². The highest BCUT2D eigenvalue weighted by molar-refractivity contribution is 6.30. The van der Waals surface area contributed by atoms with Crippen molar-refractivity contribution in [2.45, 2.75) is 25.7 Å². The minimum atomic E-state index is -0.767. The number of amides is 2. The van der Waals surface area contributed by atoms with Gasteiger partial charge in [0.1, 0.15) is 0 Å². The second kappa shape index (κ2) is 7.31. The number of nitrogens with one attached hydrogen (secondary N) is 2. The smallest absolute Gasteiger partial charge is 0.319 e. The number of carbonyl (C=O) groups excluding carboxylic acids is 1. The number of carboxylic acids is 1. The van der Waals surface area contributed by atoms with E-state index in [1.54, 1.807) is 24.3 Å². The van der Waals surface area contributed by atoms with Crippen LogP contribution in [0, 0.1) is 11.8 Å². The first-order chi connectivity index (χ1) is 10.1. The third-order valence-corrected chi connectivity index (χ3v) is 4.07. The Morgan fingerprint density at radius 2 is 2.05 bits per heavy atom. The van der Waals surface area contributed by atoms with Gasteiger partial charge in [0.2, 0.25) is 0 Å². The van der Waals surface area contributed by atoms with Gasteiger partial charge in [0.15, 0.2) is 0 Å². The third kappa shape index (κ3) is 4.63. The number of halogens is 1. The molecule has 1 aromatic rings. The summed E-state index contributed by atoms with van der Waals surface area (Å²) in [5, 5.41) is 15.2. The molecule has 1 aliphatic rings. The molecule has 0 aromatic heterocycles. The summed E-state index contributed by atoms with van der Waals surface area (Å²) < 4.78 is 0. The van der Waals surface area contributed by atoms with E-state index < -0.39 is 5.97 Å². The van der Waals surface area contributed by atoms with Crippen LogP contribution in [0.4, 0.5) is 10.5 Å². The molecular formula is C15H19ClN2O3. The molecule has 3 N–H and O–H groups in total. The molecule has 0 aliphatic heterocycles. The van der Waals surface area contributed by atoms with Gasteiger partial charge in [-0.3, -0.25) is 4.79 Å². The molecule has 0 saturated heterocycles. The Hall–Kier alpha value is -1.75. The predicted molar refractivity (Wildman–Crippen MR) is 81.6 cm³/mol. The van der Waals surface area contributed by atoms with Crippen molar-refractivity contribution in [3.05, 3.63) is 29.3 Å². The highest BCUT2D eigenvalue weighted by Crippen LogP contribution is 2.29. The fourth-order valence-corrected chi connectivity index (χ4v) is 2.93. The molecule has 1 aliphatic carbocycles. The summed E-state index contributed by atoms with van der Waals surface area (Å²) in [7, 11) is 0. The average Bonchev–Trinajstić information content (AvgIpc) is 2.45. The third-order valence-electron chi connectivity index (χ3n) is 3.83. The van der Waals surface area contributed by atoms with Crippen LogP contribution in [0.5, 0.6) is 0 Å². The number of anilines is 1. The predicted octanol–water partition coefficient (Wildman–Crippen LogP) is 3.35. The highest BCUT2D eigenvalue weighted by Gasteiger charge is 2.30. The van der Waals surface area contributed by atoms with E-state index in [9.17, 15) is 14.7 Å². The lowest BCUT2D eigenvalue weighted by atomic mass is 9.79. The van der Waals surface area contributed by atoms with E-state index in [0.29, 0.717) is 23.7 Å². The Morgan fingerprint density at radius 1 is 1.29 bits per heavy atom. The monoisotopic (exact) mass is 310 g/mol. The molecule has 1 aromatic carbocycles. The molecule has 21 heavy (non-hydrogen) atoms. The fraction of sp³-hybridized carbons (Fsp3) is 0.467. The quantitative estimate of drug-likeness (QED) is 0.798. The van der Waals surface area contributed by atoms with Gasteiger partial charge in [-0.05, 0) is 37.0 Å². The first-order valence-electron chi connectivity index (χ1n) is 7.09. The Kier molecular flexibility index (Phi) is 5.44. The van der Waals surface area contributed by atoms with Crippen molar-refractivity contribution in [2.24, 2.45) is 11.8 Å². The maximum absolute atomic E-state index is 11.8. The summed E-state index contributed by atoms with van der Waals surface area (Å²) in [6.07, 6.45) is 3.50. The normalized spacial score (nSPS) is 21.6. The molecule has 114 valence electrons. The molecule has 0 bridgehead atoms. The van der Waals surface area contributed by atoms with Crippen molar-refractivity contribution in [1.29, 1.82) is 0 Å². The highest BCUT2D eigenvalue weighted by atomic mass is 35.5. The van der Waals surface area contributed by atoms with Crippen molar-refractivity contribution in [1.82, 2.24) is 5.32 Å². The number of hydrogen-bond acceptors (Lipinski definition) is 2. The van der Waals surface area contributed by atoms with E-state index in [1.165, 1.54) is 0 Å².